The predicted molar refractivity (Wildman–Crippen MR) is 119 cm³/mol. The molecule has 0 unspecified atom stereocenters. The summed E-state index contributed by atoms with van der Waals surface area (Å²) in [4.78, 5) is 29.7. The average molecular weight is 410 g/mol. The third-order valence-electron chi connectivity index (χ3n) is 5.43. The van der Waals surface area contributed by atoms with Crippen molar-refractivity contribution in [2.24, 2.45) is 0 Å². The van der Waals surface area contributed by atoms with E-state index in [9.17, 15) is 9.59 Å². The maximum Gasteiger partial charge on any atom is 0.265 e. The zero-order valence-corrected chi connectivity index (χ0v) is 18.2. The van der Waals surface area contributed by atoms with E-state index in [1.807, 2.05) is 48.3 Å². The van der Waals surface area contributed by atoms with Gasteiger partial charge in [-0.05, 0) is 49.7 Å². The molecule has 2 aromatic carbocycles. The molecule has 6 heteroatoms. The van der Waals surface area contributed by atoms with Crippen molar-refractivity contribution >= 4 is 17.5 Å². The molecule has 0 spiro atoms. The first-order valence-corrected chi connectivity index (χ1v) is 10.5. The highest BCUT2D eigenvalue weighted by molar-refractivity contribution is 6.04. The molecule has 1 saturated heterocycles. The number of benzene rings is 2. The molecule has 1 aliphatic rings. The van der Waals surface area contributed by atoms with Gasteiger partial charge in [-0.1, -0.05) is 38.1 Å². The van der Waals surface area contributed by atoms with Crippen LogP contribution in [0.25, 0.3) is 0 Å². The van der Waals surface area contributed by atoms with Crippen molar-refractivity contribution in [1.82, 2.24) is 9.80 Å². The number of hydrogen-bond acceptors (Lipinski definition) is 4. The van der Waals surface area contributed by atoms with Crippen LogP contribution in [0.1, 0.15) is 42.6 Å². The second-order valence-electron chi connectivity index (χ2n) is 8.11. The summed E-state index contributed by atoms with van der Waals surface area (Å²) in [6.45, 7) is 9.03. The molecule has 1 fully saturated rings. The van der Waals surface area contributed by atoms with Gasteiger partial charge in [-0.15, -0.1) is 0 Å². The fraction of sp³-hybridized carbons (Fsp3) is 0.417. The highest BCUT2D eigenvalue weighted by atomic mass is 16.5. The van der Waals surface area contributed by atoms with Crippen LogP contribution in [0.2, 0.25) is 0 Å². The number of rotatable bonds is 6. The van der Waals surface area contributed by atoms with Crippen molar-refractivity contribution in [3.8, 4) is 5.75 Å². The third-order valence-corrected chi connectivity index (χ3v) is 5.43. The summed E-state index contributed by atoms with van der Waals surface area (Å²) < 4.78 is 5.80. The molecule has 1 heterocycles. The lowest BCUT2D eigenvalue weighted by atomic mass is 10.0. The maximum absolute atomic E-state index is 13.0. The van der Waals surface area contributed by atoms with Gasteiger partial charge < -0.3 is 19.9 Å². The summed E-state index contributed by atoms with van der Waals surface area (Å²) in [7, 11) is 2.05. The highest BCUT2D eigenvalue weighted by Gasteiger charge is 2.24. The molecule has 0 aromatic heterocycles. The van der Waals surface area contributed by atoms with Gasteiger partial charge in [0.05, 0.1) is 11.3 Å². The summed E-state index contributed by atoms with van der Waals surface area (Å²) in [5.74, 6) is 0.733. The normalized spacial score (nSPS) is 15.7. The Morgan fingerprint density at radius 2 is 1.57 bits per heavy atom. The highest BCUT2D eigenvalue weighted by Crippen LogP contribution is 2.21. The van der Waals surface area contributed by atoms with Crippen molar-refractivity contribution in [2.75, 3.05) is 38.5 Å². The molecule has 0 aliphatic carbocycles. The number of hydrogen-bond donors (Lipinski definition) is 1. The van der Waals surface area contributed by atoms with Crippen molar-refractivity contribution < 1.29 is 14.3 Å². The molecule has 3 rings (SSSR count). The van der Waals surface area contributed by atoms with Gasteiger partial charge in [-0.2, -0.15) is 0 Å². The first kappa shape index (κ1) is 21.8. The van der Waals surface area contributed by atoms with E-state index >= 15 is 0 Å². The Balaban J connectivity index is 1.65. The standard InChI is InChI=1S/C24H31N3O3/c1-17(2)19-9-11-20(12-10-19)30-18(3)23(28)25-22-8-6-5-7-21(22)24(29)27-15-13-26(4)14-16-27/h5-12,17-18H,13-16H2,1-4H3,(H,25,28)/t18-/m0/s1. The fourth-order valence-electron chi connectivity index (χ4n) is 3.38. The molecular formula is C24H31N3O3. The zero-order chi connectivity index (χ0) is 21.7. The predicted octanol–water partition coefficient (Wildman–Crippen LogP) is 3.60. The van der Waals surface area contributed by atoms with Crippen LogP contribution in [0.15, 0.2) is 48.5 Å². The first-order chi connectivity index (χ1) is 14.3. The van der Waals surface area contributed by atoms with Crippen LogP contribution < -0.4 is 10.1 Å². The number of carbonyl (C=O) groups is 2. The van der Waals surface area contributed by atoms with Gasteiger partial charge in [0.1, 0.15) is 5.75 Å². The lowest BCUT2D eigenvalue weighted by molar-refractivity contribution is -0.122. The van der Waals surface area contributed by atoms with Gasteiger partial charge in [0, 0.05) is 26.2 Å². The Hall–Kier alpha value is -2.86. The van der Waals surface area contributed by atoms with Crippen LogP contribution in [-0.2, 0) is 4.79 Å². The van der Waals surface area contributed by atoms with E-state index in [1.54, 1.807) is 19.1 Å². The first-order valence-electron chi connectivity index (χ1n) is 10.5. The summed E-state index contributed by atoms with van der Waals surface area (Å²) in [5.41, 5.74) is 2.23. The molecule has 0 saturated carbocycles. The van der Waals surface area contributed by atoms with Crippen LogP contribution >= 0.6 is 0 Å². The van der Waals surface area contributed by atoms with E-state index < -0.39 is 6.10 Å². The van der Waals surface area contributed by atoms with Crippen LogP contribution in [0.4, 0.5) is 5.69 Å². The van der Waals surface area contributed by atoms with Crippen molar-refractivity contribution in [3.05, 3.63) is 59.7 Å². The van der Waals surface area contributed by atoms with Gasteiger partial charge >= 0.3 is 0 Å². The van der Waals surface area contributed by atoms with Crippen molar-refractivity contribution in [2.45, 2.75) is 32.8 Å². The second-order valence-corrected chi connectivity index (χ2v) is 8.11. The molecule has 0 radical (unpaired) electrons. The Kier molecular flexibility index (Phi) is 7.11. The lowest BCUT2D eigenvalue weighted by Crippen LogP contribution is -2.47. The van der Waals surface area contributed by atoms with E-state index in [-0.39, 0.29) is 11.8 Å². The largest absolute Gasteiger partial charge is 0.481 e. The Bertz CT molecular complexity index is 872. The molecule has 1 atom stereocenters. The van der Waals surface area contributed by atoms with E-state index in [0.717, 1.165) is 13.1 Å². The lowest BCUT2D eigenvalue weighted by Gasteiger charge is -2.32. The fourth-order valence-corrected chi connectivity index (χ4v) is 3.38. The topological polar surface area (TPSA) is 61.9 Å². The molecule has 6 nitrogen and oxygen atoms in total. The van der Waals surface area contributed by atoms with Crippen LogP contribution in [0.5, 0.6) is 5.75 Å². The number of piperazine rings is 1. The number of carbonyl (C=O) groups excluding carboxylic acids is 2. The Labute approximate surface area is 178 Å². The van der Waals surface area contributed by atoms with E-state index in [1.165, 1.54) is 5.56 Å². The van der Waals surface area contributed by atoms with Crippen molar-refractivity contribution in [3.63, 3.8) is 0 Å². The summed E-state index contributed by atoms with van der Waals surface area (Å²) in [5, 5.41) is 2.87. The van der Waals surface area contributed by atoms with Gasteiger partial charge in [0.15, 0.2) is 6.10 Å². The molecule has 1 aliphatic heterocycles. The van der Waals surface area contributed by atoms with Crippen LogP contribution in [0, 0.1) is 0 Å². The zero-order valence-electron chi connectivity index (χ0n) is 18.2. The second kappa shape index (κ2) is 9.76. The van der Waals surface area contributed by atoms with Crippen LogP contribution in [0.3, 0.4) is 0 Å². The molecule has 1 N–H and O–H groups in total. The minimum Gasteiger partial charge on any atom is -0.481 e. The molecule has 2 aromatic rings. The van der Waals surface area contributed by atoms with Crippen LogP contribution in [-0.4, -0.2) is 60.9 Å². The maximum atomic E-state index is 13.0. The monoisotopic (exact) mass is 409 g/mol. The van der Waals surface area contributed by atoms with E-state index in [2.05, 4.69) is 24.1 Å². The summed E-state index contributed by atoms with van der Waals surface area (Å²) >= 11 is 0. The van der Waals surface area contributed by atoms with Crippen molar-refractivity contribution in [1.29, 1.82) is 0 Å². The Morgan fingerprint density at radius 3 is 2.20 bits per heavy atom. The van der Waals surface area contributed by atoms with Gasteiger partial charge in [0.2, 0.25) is 0 Å². The average Bonchev–Trinajstić information content (AvgIpc) is 2.74. The molecule has 30 heavy (non-hydrogen) atoms. The van der Waals surface area contributed by atoms with Gasteiger partial charge in [-0.3, -0.25) is 9.59 Å². The number of para-hydroxylation sites is 1. The SMILES string of the molecule is CC(C)c1ccc(O[C@@H](C)C(=O)Nc2ccccc2C(=O)N2CCN(C)CC2)cc1. The number of nitrogens with one attached hydrogen (secondary N) is 1. The van der Waals surface area contributed by atoms with Gasteiger partial charge in [-0.25, -0.2) is 0 Å². The third kappa shape index (κ3) is 5.39. The molecule has 2 amide bonds. The summed E-state index contributed by atoms with van der Waals surface area (Å²) in [6, 6.07) is 14.9. The molecule has 160 valence electrons. The molecular weight excluding hydrogens is 378 g/mol. The summed E-state index contributed by atoms with van der Waals surface area (Å²) in [6.07, 6.45) is -0.693. The van der Waals surface area contributed by atoms with E-state index in [0.29, 0.717) is 36.0 Å². The minimum absolute atomic E-state index is 0.0585. The quantitative estimate of drug-likeness (QED) is 0.792. The van der Waals surface area contributed by atoms with Gasteiger partial charge in [0.25, 0.3) is 11.8 Å². The number of amides is 2. The number of anilines is 1. The number of nitrogens with zero attached hydrogens (tertiary/aromatic N) is 2. The Morgan fingerprint density at radius 1 is 0.933 bits per heavy atom. The minimum atomic E-state index is -0.693. The molecule has 0 bridgehead atoms. The van der Waals surface area contributed by atoms with E-state index in [4.69, 9.17) is 4.74 Å². The number of ether oxygens (including phenoxy) is 1. The smallest absolute Gasteiger partial charge is 0.265 e. The number of likely N-dealkylation sites (N-methyl/N-ethyl adjacent to an activating group) is 1.